The molecule has 6 heteroatoms. The normalized spacial score (nSPS) is 32.7. The summed E-state index contributed by atoms with van der Waals surface area (Å²) in [5, 5.41) is 11.4. The number of aliphatic carboxylic acids is 1. The predicted molar refractivity (Wildman–Crippen MR) is 47.3 cm³/mol. The minimum Gasteiger partial charge on any atom is -0.480 e. The molecule has 0 aromatic carbocycles. The van der Waals surface area contributed by atoms with Gasteiger partial charge in [0.1, 0.15) is 6.04 Å². The molecular formula is C7H13NO4S. The summed E-state index contributed by atoms with van der Waals surface area (Å²) in [6.07, 6.45) is 0.628. The molecule has 1 rings (SSSR count). The van der Waals surface area contributed by atoms with E-state index in [1.807, 2.05) is 6.92 Å². The Morgan fingerprint density at radius 1 is 1.54 bits per heavy atom. The topological polar surface area (TPSA) is 83.5 Å². The average molecular weight is 207 g/mol. The van der Waals surface area contributed by atoms with E-state index in [0.717, 1.165) is 0 Å². The molecule has 0 aromatic heterocycles. The zero-order chi connectivity index (χ0) is 10.1. The van der Waals surface area contributed by atoms with Crippen LogP contribution in [0.5, 0.6) is 0 Å². The lowest BCUT2D eigenvalue weighted by Gasteiger charge is -2.27. The van der Waals surface area contributed by atoms with Crippen molar-refractivity contribution in [2.24, 2.45) is 0 Å². The molecule has 0 spiro atoms. The first-order valence-electron chi connectivity index (χ1n) is 4.14. The number of hydrogen-bond donors (Lipinski definition) is 2. The van der Waals surface area contributed by atoms with Crippen LogP contribution in [0.4, 0.5) is 0 Å². The van der Waals surface area contributed by atoms with Crippen LogP contribution >= 0.6 is 0 Å². The van der Waals surface area contributed by atoms with Crippen molar-refractivity contribution in [3.63, 3.8) is 0 Å². The Morgan fingerprint density at radius 2 is 2.15 bits per heavy atom. The van der Waals surface area contributed by atoms with Gasteiger partial charge in [-0.25, -0.2) is 8.42 Å². The second-order valence-corrected chi connectivity index (χ2v) is 5.39. The number of rotatable bonds is 2. The molecule has 1 aliphatic heterocycles. The standard InChI is InChI=1S/C7H13NO4S/c1-2-5-3-13(11,12)4-6(8-5)7(9)10/h5-6,8H,2-4H2,1H3,(H,9,10)/t5-,6-/m0/s1. The van der Waals surface area contributed by atoms with Gasteiger partial charge in [-0.2, -0.15) is 0 Å². The highest BCUT2D eigenvalue weighted by atomic mass is 32.2. The second-order valence-electron chi connectivity index (χ2n) is 3.24. The van der Waals surface area contributed by atoms with Crippen molar-refractivity contribution >= 4 is 15.8 Å². The first-order valence-corrected chi connectivity index (χ1v) is 5.96. The minimum atomic E-state index is -3.18. The van der Waals surface area contributed by atoms with Crippen LogP contribution in [0, 0.1) is 0 Å². The average Bonchev–Trinajstić information content (AvgIpc) is 2.01. The number of carboxylic acids is 1. The molecule has 0 aromatic rings. The molecular weight excluding hydrogens is 194 g/mol. The van der Waals surface area contributed by atoms with E-state index in [0.29, 0.717) is 6.42 Å². The Morgan fingerprint density at radius 3 is 2.62 bits per heavy atom. The molecule has 1 aliphatic rings. The molecule has 1 heterocycles. The van der Waals surface area contributed by atoms with Crippen molar-refractivity contribution in [2.45, 2.75) is 25.4 Å². The number of hydrogen-bond acceptors (Lipinski definition) is 4. The van der Waals surface area contributed by atoms with Gasteiger partial charge in [-0.15, -0.1) is 0 Å². The van der Waals surface area contributed by atoms with Gasteiger partial charge in [0, 0.05) is 6.04 Å². The van der Waals surface area contributed by atoms with Gasteiger partial charge in [0.2, 0.25) is 0 Å². The molecule has 0 radical (unpaired) electrons. The maximum Gasteiger partial charge on any atom is 0.321 e. The molecule has 1 fully saturated rings. The van der Waals surface area contributed by atoms with Crippen molar-refractivity contribution in [1.82, 2.24) is 5.32 Å². The molecule has 2 atom stereocenters. The van der Waals surface area contributed by atoms with Gasteiger partial charge in [0.05, 0.1) is 11.5 Å². The van der Waals surface area contributed by atoms with Crippen molar-refractivity contribution < 1.29 is 18.3 Å². The fourth-order valence-electron chi connectivity index (χ4n) is 1.39. The van der Waals surface area contributed by atoms with E-state index in [4.69, 9.17) is 5.11 Å². The number of sulfone groups is 1. The van der Waals surface area contributed by atoms with Crippen LogP contribution in [0.25, 0.3) is 0 Å². The Balaban J connectivity index is 2.77. The fraction of sp³-hybridized carbons (Fsp3) is 0.857. The highest BCUT2D eigenvalue weighted by Gasteiger charge is 2.33. The number of carboxylic acid groups (broad SMARTS) is 1. The maximum absolute atomic E-state index is 11.2. The zero-order valence-electron chi connectivity index (χ0n) is 7.36. The van der Waals surface area contributed by atoms with Gasteiger partial charge < -0.3 is 5.11 Å². The first kappa shape index (κ1) is 10.5. The van der Waals surface area contributed by atoms with Crippen molar-refractivity contribution in [2.75, 3.05) is 11.5 Å². The molecule has 76 valence electrons. The van der Waals surface area contributed by atoms with Gasteiger partial charge in [-0.3, -0.25) is 10.1 Å². The predicted octanol–water partition coefficient (Wildman–Crippen LogP) is -0.764. The Labute approximate surface area is 77.1 Å². The van der Waals surface area contributed by atoms with E-state index in [1.54, 1.807) is 0 Å². The Bertz CT molecular complexity index is 298. The Hall–Kier alpha value is -0.620. The molecule has 0 aliphatic carbocycles. The largest absolute Gasteiger partial charge is 0.480 e. The molecule has 13 heavy (non-hydrogen) atoms. The Kier molecular flexibility index (Phi) is 2.92. The van der Waals surface area contributed by atoms with E-state index in [1.165, 1.54) is 0 Å². The summed E-state index contributed by atoms with van der Waals surface area (Å²) in [5.41, 5.74) is 0. The van der Waals surface area contributed by atoms with Gasteiger partial charge in [0.25, 0.3) is 0 Å². The highest BCUT2D eigenvalue weighted by molar-refractivity contribution is 7.91. The lowest BCUT2D eigenvalue weighted by Crippen LogP contribution is -2.54. The first-order chi connectivity index (χ1) is 5.94. The van der Waals surface area contributed by atoms with Gasteiger partial charge in [-0.1, -0.05) is 6.92 Å². The smallest absolute Gasteiger partial charge is 0.321 e. The van der Waals surface area contributed by atoms with Crippen LogP contribution in [0.2, 0.25) is 0 Å². The van der Waals surface area contributed by atoms with Crippen molar-refractivity contribution in [3.8, 4) is 0 Å². The summed E-state index contributed by atoms with van der Waals surface area (Å²) < 4.78 is 22.5. The van der Waals surface area contributed by atoms with E-state index >= 15 is 0 Å². The van der Waals surface area contributed by atoms with Crippen LogP contribution in [-0.2, 0) is 14.6 Å². The van der Waals surface area contributed by atoms with Gasteiger partial charge in [0.15, 0.2) is 9.84 Å². The molecule has 0 bridgehead atoms. The van der Waals surface area contributed by atoms with E-state index < -0.39 is 21.8 Å². The maximum atomic E-state index is 11.2. The lowest BCUT2D eigenvalue weighted by molar-refractivity contribution is -0.139. The molecule has 0 saturated carbocycles. The summed E-state index contributed by atoms with van der Waals surface area (Å²) in [6, 6.07) is -1.16. The van der Waals surface area contributed by atoms with E-state index in [9.17, 15) is 13.2 Å². The van der Waals surface area contributed by atoms with Crippen LogP contribution in [0.3, 0.4) is 0 Å². The van der Waals surface area contributed by atoms with Crippen molar-refractivity contribution in [1.29, 1.82) is 0 Å². The van der Waals surface area contributed by atoms with Gasteiger partial charge in [-0.05, 0) is 6.42 Å². The summed E-state index contributed by atoms with van der Waals surface area (Å²) in [6.45, 7) is 1.83. The van der Waals surface area contributed by atoms with E-state index in [2.05, 4.69) is 5.32 Å². The van der Waals surface area contributed by atoms with Crippen LogP contribution in [0.1, 0.15) is 13.3 Å². The summed E-state index contributed by atoms with van der Waals surface area (Å²) in [5.74, 6) is -1.34. The third-order valence-electron chi connectivity index (χ3n) is 2.10. The van der Waals surface area contributed by atoms with E-state index in [-0.39, 0.29) is 17.5 Å². The molecule has 5 nitrogen and oxygen atoms in total. The summed E-state index contributed by atoms with van der Waals surface area (Å²) in [7, 11) is -3.18. The minimum absolute atomic E-state index is 0.0489. The number of nitrogens with one attached hydrogen (secondary N) is 1. The third-order valence-corrected chi connectivity index (χ3v) is 3.85. The van der Waals surface area contributed by atoms with Crippen molar-refractivity contribution in [3.05, 3.63) is 0 Å². The number of carbonyl (C=O) groups is 1. The highest BCUT2D eigenvalue weighted by Crippen LogP contribution is 2.09. The third kappa shape index (κ3) is 2.67. The zero-order valence-corrected chi connectivity index (χ0v) is 8.17. The molecule has 0 unspecified atom stereocenters. The quantitative estimate of drug-likeness (QED) is 0.621. The molecule has 0 amide bonds. The van der Waals surface area contributed by atoms with Crippen LogP contribution in [0.15, 0.2) is 0 Å². The summed E-state index contributed by atoms with van der Waals surface area (Å²) >= 11 is 0. The monoisotopic (exact) mass is 207 g/mol. The molecule has 1 saturated heterocycles. The molecule has 2 N–H and O–H groups in total. The van der Waals surface area contributed by atoms with Crippen LogP contribution in [-0.4, -0.2) is 43.1 Å². The SMILES string of the molecule is CC[C@H]1CS(=O)(=O)C[C@@H](C(=O)O)N1. The fourth-order valence-corrected chi connectivity index (χ4v) is 3.22. The summed E-state index contributed by atoms with van der Waals surface area (Å²) in [4.78, 5) is 10.6. The van der Waals surface area contributed by atoms with Crippen LogP contribution < -0.4 is 5.32 Å². The second kappa shape index (κ2) is 3.63. The van der Waals surface area contributed by atoms with Gasteiger partial charge >= 0.3 is 5.97 Å². The lowest BCUT2D eigenvalue weighted by atomic mass is 10.2.